The molecule has 1 aromatic carbocycles. The van der Waals surface area contributed by atoms with Gasteiger partial charge in [0.25, 0.3) is 0 Å². The Morgan fingerprint density at radius 1 is 1.28 bits per heavy atom. The Kier molecular flexibility index (Phi) is 7.06. The van der Waals surface area contributed by atoms with E-state index in [0.29, 0.717) is 13.1 Å². The van der Waals surface area contributed by atoms with Crippen molar-refractivity contribution in [2.45, 2.75) is 26.5 Å². The molecule has 0 fully saturated rings. The van der Waals surface area contributed by atoms with Gasteiger partial charge in [0.1, 0.15) is 11.9 Å². The van der Waals surface area contributed by atoms with Gasteiger partial charge in [0, 0.05) is 26.5 Å². The van der Waals surface area contributed by atoms with Crippen molar-refractivity contribution < 1.29 is 4.74 Å². The molecule has 136 valence electrons. The Bertz CT molecular complexity index is 681. The maximum atomic E-state index is 5.90. The average molecular weight is 362 g/mol. The van der Waals surface area contributed by atoms with Gasteiger partial charge in [-0.2, -0.15) is 0 Å². The van der Waals surface area contributed by atoms with Gasteiger partial charge in [-0.05, 0) is 26.0 Å². The lowest BCUT2D eigenvalue weighted by atomic mass is 10.2. The van der Waals surface area contributed by atoms with Crippen LogP contribution in [0.1, 0.15) is 18.2 Å². The van der Waals surface area contributed by atoms with Crippen LogP contribution in [0.25, 0.3) is 0 Å². The van der Waals surface area contributed by atoms with Gasteiger partial charge in [0.05, 0.1) is 18.8 Å². The molecule has 0 amide bonds. The average Bonchev–Trinajstić information content (AvgIpc) is 3.06. The fourth-order valence-corrected chi connectivity index (χ4v) is 2.87. The van der Waals surface area contributed by atoms with Crippen molar-refractivity contribution in [3.63, 3.8) is 0 Å². The van der Waals surface area contributed by atoms with Crippen LogP contribution < -0.4 is 20.3 Å². The standard InChI is InChI=1S/C18H27N5OS/c1-13-6-8-16(9-7-13)24-14(2)10-20-17(19-3)21-11-15-12-25-18(22-15)23(4)5/h6-9,12,14H,10-11H2,1-5H3,(H2,19,20,21). The summed E-state index contributed by atoms with van der Waals surface area (Å²) in [6, 6.07) is 8.07. The maximum absolute atomic E-state index is 5.90. The first-order chi connectivity index (χ1) is 12.0. The number of hydrogen-bond donors (Lipinski definition) is 2. The van der Waals surface area contributed by atoms with E-state index in [0.717, 1.165) is 22.5 Å². The van der Waals surface area contributed by atoms with Crippen LogP contribution in [-0.4, -0.2) is 44.7 Å². The van der Waals surface area contributed by atoms with E-state index in [2.05, 4.69) is 32.9 Å². The third-order valence-electron chi connectivity index (χ3n) is 3.50. The summed E-state index contributed by atoms with van der Waals surface area (Å²) in [6.07, 6.45) is 0.0286. The first-order valence-electron chi connectivity index (χ1n) is 8.27. The van der Waals surface area contributed by atoms with Gasteiger partial charge in [-0.25, -0.2) is 4.98 Å². The number of nitrogens with zero attached hydrogens (tertiary/aromatic N) is 3. The lowest BCUT2D eigenvalue weighted by Gasteiger charge is -2.17. The summed E-state index contributed by atoms with van der Waals surface area (Å²) in [5.74, 6) is 1.61. The quantitative estimate of drug-likeness (QED) is 0.586. The van der Waals surface area contributed by atoms with Gasteiger partial charge in [0.2, 0.25) is 0 Å². The molecule has 0 radical (unpaired) electrons. The largest absolute Gasteiger partial charge is 0.489 e. The smallest absolute Gasteiger partial charge is 0.191 e. The van der Waals surface area contributed by atoms with Crippen LogP contribution in [0.2, 0.25) is 0 Å². The summed E-state index contributed by atoms with van der Waals surface area (Å²) in [5, 5.41) is 9.61. The van der Waals surface area contributed by atoms with Crippen molar-refractivity contribution in [2.24, 2.45) is 4.99 Å². The summed E-state index contributed by atoms with van der Waals surface area (Å²) >= 11 is 1.63. The second-order valence-electron chi connectivity index (χ2n) is 6.06. The minimum Gasteiger partial charge on any atom is -0.489 e. The van der Waals surface area contributed by atoms with Gasteiger partial charge in [-0.1, -0.05) is 17.7 Å². The van der Waals surface area contributed by atoms with Crippen LogP contribution in [0.4, 0.5) is 5.13 Å². The number of aromatic nitrogens is 1. The number of thiazole rings is 1. The highest BCUT2D eigenvalue weighted by molar-refractivity contribution is 7.13. The van der Waals surface area contributed by atoms with Crippen molar-refractivity contribution >= 4 is 22.4 Å². The van der Waals surface area contributed by atoms with Crippen LogP contribution in [0.5, 0.6) is 5.75 Å². The third kappa shape index (κ3) is 6.26. The van der Waals surface area contributed by atoms with Gasteiger partial charge in [0.15, 0.2) is 11.1 Å². The first-order valence-corrected chi connectivity index (χ1v) is 9.15. The number of benzene rings is 1. The lowest BCUT2D eigenvalue weighted by Crippen LogP contribution is -2.41. The number of rotatable bonds is 7. The normalized spacial score (nSPS) is 12.6. The molecule has 1 aromatic heterocycles. The highest BCUT2D eigenvalue weighted by Gasteiger charge is 2.07. The Labute approximate surface area is 154 Å². The number of nitrogens with one attached hydrogen (secondary N) is 2. The predicted octanol–water partition coefficient (Wildman–Crippen LogP) is 2.65. The van der Waals surface area contributed by atoms with E-state index in [9.17, 15) is 0 Å². The minimum atomic E-state index is 0.0286. The molecule has 0 spiro atoms. The van der Waals surface area contributed by atoms with Crippen molar-refractivity contribution in [3.8, 4) is 5.75 Å². The Balaban J connectivity index is 1.76. The zero-order valence-corrected chi connectivity index (χ0v) is 16.4. The fraction of sp³-hybridized carbons (Fsp3) is 0.444. The van der Waals surface area contributed by atoms with E-state index in [1.807, 2.05) is 50.2 Å². The Morgan fingerprint density at radius 3 is 2.60 bits per heavy atom. The van der Waals surface area contributed by atoms with Crippen LogP contribution in [0, 0.1) is 6.92 Å². The van der Waals surface area contributed by atoms with Crippen molar-refractivity contribution in [1.82, 2.24) is 15.6 Å². The number of anilines is 1. The molecule has 1 heterocycles. The molecule has 6 nitrogen and oxygen atoms in total. The van der Waals surface area contributed by atoms with Crippen molar-refractivity contribution in [3.05, 3.63) is 40.9 Å². The number of ether oxygens (including phenoxy) is 1. The van der Waals surface area contributed by atoms with Crippen LogP contribution in [-0.2, 0) is 6.54 Å². The molecule has 1 atom stereocenters. The van der Waals surface area contributed by atoms with Gasteiger partial charge in [-0.15, -0.1) is 11.3 Å². The second-order valence-corrected chi connectivity index (χ2v) is 6.90. The zero-order valence-electron chi connectivity index (χ0n) is 15.5. The lowest BCUT2D eigenvalue weighted by molar-refractivity contribution is 0.224. The van der Waals surface area contributed by atoms with Gasteiger partial charge >= 0.3 is 0 Å². The molecule has 2 aromatic rings. The molecule has 0 aliphatic heterocycles. The zero-order chi connectivity index (χ0) is 18.2. The first kappa shape index (κ1) is 19.1. The van der Waals surface area contributed by atoms with E-state index >= 15 is 0 Å². The predicted molar refractivity (Wildman–Crippen MR) is 106 cm³/mol. The van der Waals surface area contributed by atoms with E-state index < -0.39 is 0 Å². The molecule has 0 aliphatic rings. The van der Waals surface area contributed by atoms with Crippen molar-refractivity contribution in [2.75, 3.05) is 32.6 Å². The highest BCUT2D eigenvalue weighted by atomic mass is 32.1. The molecule has 0 saturated carbocycles. The summed E-state index contributed by atoms with van der Waals surface area (Å²) in [6.45, 7) is 5.39. The molecule has 1 unspecified atom stereocenters. The summed E-state index contributed by atoms with van der Waals surface area (Å²) in [4.78, 5) is 10.8. The Morgan fingerprint density at radius 2 is 2.00 bits per heavy atom. The summed E-state index contributed by atoms with van der Waals surface area (Å²) in [5.41, 5.74) is 2.22. The fourth-order valence-electron chi connectivity index (χ4n) is 2.11. The maximum Gasteiger partial charge on any atom is 0.191 e. The number of guanidine groups is 1. The van der Waals surface area contributed by atoms with E-state index in [1.54, 1.807) is 18.4 Å². The molecule has 0 saturated heterocycles. The van der Waals surface area contributed by atoms with Crippen LogP contribution in [0.3, 0.4) is 0 Å². The monoisotopic (exact) mass is 361 g/mol. The molecule has 7 heteroatoms. The topological polar surface area (TPSA) is 61.8 Å². The SMILES string of the molecule is CN=C(NCc1csc(N(C)C)n1)NCC(C)Oc1ccc(C)cc1. The Hall–Kier alpha value is -2.28. The highest BCUT2D eigenvalue weighted by Crippen LogP contribution is 2.17. The third-order valence-corrected chi connectivity index (χ3v) is 4.56. The van der Waals surface area contributed by atoms with Gasteiger partial charge < -0.3 is 20.3 Å². The van der Waals surface area contributed by atoms with E-state index in [1.165, 1.54) is 5.56 Å². The van der Waals surface area contributed by atoms with Gasteiger partial charge in [-0.3, -0.25) is 4.99 Å². The number of aliphatic imine (C=N–C) groups is 1. The number of hydrogen-bond acceptors (Lipinski definition) is 5. The summed E-state index contributed by atoms with van der Waals surface area (Å²) in [7, 11) is 5.74. The van der Waals surface area contributed by atoms with Crippen molar-refractivity contribution in [1.29, 1.82) is 0 Å². The molecular weight excluding hydrogens is 334 g/mol. The molecule has 2 rings (SSSR count). The van der Waals surface area contributed by atoms with Crippen LogP contribution in [0.15, 0.2) is 34.6 Å². The molecule has 0 aliphatic carbocycles. The second kappa shape index (κ2) is 9.27. The minimum absolute atomic E-state index is 0.0286. The molecular formula is C18H27N5OS. The molecule has 2 N–H and O–H groups in total. The van der Waals surface area contributed by atoms with Crippen LogP contribution >= 0.6 is 11.3 Å². The number of aryl methyl sites for hydroxylation is 1. The molecule has 0 bridgehead atoms. The summed E-state index contributed by atoms with van der Waals surface area (Å²) < 4.78 is 5.90. The molecule has 25 heavy (non-hydrogen) atoms. The van der Waals surface area contributed by atoms with E-state index in [4.69, 9.17) is 4.74 Å². The van der Waals surface area contributed by atoms with E-state index in [-0.39, 0.29) is 6.10 Å².